The predicted molar refractivity (Wildman–Crippen MR) is 145 cm³/mol. The summed E-state index contributed by atoms with van der Waals surface area (Å²) in [5, 5.41) is 2.05. The highest BCUT2D eigenvalue weighted by Gasteiger charge is 2.35. The quantitative estimate of drug-likeness (QED) is 0.283. The first kappa shape index (κ1) is 26.5. The Morgan fingerprint density at radius 2 is 1.54 bits per heavy atom. The number of nitrogens with zero attached hydrogens (tertiary/aromatic N) is 2. The predicted octanol–water partition coefficient (Wildman–Crippen LogP) is 6.27. The smallest absolute Gasteiger partial charge is 0.332 e. The summed E-state index contributed by atoms with van der Waals surface area (Å²) in [5.74, 6) is -0.397. The Morgan fingerprint density at radius 1 is 0.846 bits per heavy atom. The second kappa shape index (κ2) is 11.3. The molecular formula is C32H29F3N2O2. The van der Waals surface area contributed by atoms with E-state index in [1.54, 1.807) is 15.9 Å². The van der Waals surface area contributed by atoms with Crippen molar-refractivity contribution in [2.24, 2.45) is 0 Å². The van der Waals surface area contributed by atoms with E-state index < -0.39 is 11.7 Å². The fourth-order valence-electron chi connectivity index (χ4n) is 5.27. The van der Waals surface area contributed by atoms with Crippen LogP contribution in [0.3, 0.4) is 0 Å². The van der Waals surface area contributed by atoms with Crippen molar-refractivity contribution in [3.05, 3.63) is 119 Å². The summed E-state index contributed by atoms with van der Waals surface area (Å²) < 4.78 is 39.9. The van der Waals surface area contributed by atoms with Gasteiger partial charge in [-0.3, -0.25) is 9.59 Å². The monoisotopic (exact) mass is 530 g/mol. The molecule has 39 heavy (non-hydrogen) atoms. The number of halogens is 3. The summed E-state index contributed by atoms with van der Waals surface area (Å²) in [5.41, 5.74) is 1.68. The van der Waals surface area contributed by atoms with Gasteiger partial charge in [-0.05, 0) is 52.4 Å². The summed E-state index contributed by atoms with van der Waals surface area (Å²) >= 11 is 0. The molecule has 0 aromatic heterocycles. The number of aryl methyl sites for hydroxylation is 1. The number of carbonyl (C=O) groups is 2. The van der Waals surface area contributed by atoms with Gasteiger partial charge >= 0.3 is 6.18 Å². The fourth-order valence-corrected chi connectivity index (χ4v) is 5.27. The Bertz CT molecular complexity index is 1460. The minimum absolute atomic E-state index is 0.0631. The lowest BCUT2D eigenvalue weighted by molar-refractivity contribution is -0.149. The van der Waals surface area contributed by atoms with Crippen LogP contribution in [0.2, 0.25) is 0 Å². The first-order chi connectivity index (χ1) is 18.8. The van der Waals surface area contributed by atoms with Crippen molar-refractivity contribution in [3.8, 4) is 0 Å². The van der Waals surface area contributed by atoms with Crippen molar-refractivity contribution in [2.75, 3.05) is 13.1 Å². The number of hydrogen-bond donors (Lipinski definition) is 0. The van der Waals surface area contributed by atoms with Gasteiger partial charge in [0.1, 0.15) is 0 Å². The minimum atomic E-state index is -4.46. The van der Waals surface area contributed by atoms with Gasteiger partial charge in [0.05, 0.1) is 24.6 Å². The average Bonchev–Trinajstić information content (AvgIpc) is 2.93. The molecule has 0 N–H and O–H groups in total. The minimum Gasteiger partial charge on any atom is -0.332 e. The van der Waals surface area contributed by atoms with E-state index in [0.29, 0.717) is 24.9 Å². The first-order valence-electron chi connectivity index (χ1n) is 13.0. The lowest BCUT2D eigenvalue weighted by Crippen LogP contribution is -2.57. The van der Waals surface area contributed by atoms with E-state index in [1.165, 1.54) is 6.07 Å². The molecule has 1 saturated heterocycles. The van der Waals surface area contributed by atoms with Crippen LogP contribution in [-0.4, -0.2) is 40.7 Å². The van der Waals surface area contributed by atoms with Crippen LogP contribution in [0.1, 0.15) is 28.7 Å². The van der Waals surface area contributed by atoms with Crippen molar-refractivity contribution in [3.63, 3.8) is 0 Å². The van der Waals surface area contributed by atoms with E-state index in [-0.39, 0.29) is 37.4 Å². The van der Waals surface area contributed by atoms with Crippen LogP contribution in [0.15, 0.2) is 97.1 Å². The summed E-state index contributed by atoms with van der Waals surface area (Å²) in [6, 6.07) is 28.3. The van der Waals surface area contributed by atoms with Crippen molar-refractivity contribution in [1.29, 1.82) is 0 Å². The molecule has 1 atom stereocenters. The molecule has 1 fully saturated rings. The molecule has 0 spiro atoms. The average molecular weight is 531 g/mol. The Balaban J connectivity index is 1.36. The number of carbonyl (C=O) groups excluding carboxylic acids is 2. The molecule has 0 aliphatic carbocycles. The van der Waals surface area contributed by atoms with Gasteiger partial charge in [0.15, 0.2) is 0 Å². The molecule has 200 valence electrons. The summed E-state index contributed by atoms with van der Waals surface area (Å²) in [6.07, 6.45) is -3.01. The second-order valence-electron chi connectivity index (χ2n) is 9.99. The van der Waals surface area contributed by atoms with E-state index in [1.807, 2.05) is 72.8 Å². The standard InChI is InChI=1S/C32H29F3N2O2/c33-32(34,35)27-14-6-10-24(18-27)20-37-28(17-16-23-8-2-1-3-9-23)21-36(22-31(37)39)30(38)19-26-13-7-12-25-11-4-5-15-29(25)26/h1-15,18,28H,16-17,19-22H2/t28-/m0/s1. The van der Waals surface area contributed by atoms with Crippen molar-refractivity contribution < 1.29 is 22.8 Å². The van der Waals surface area contributed by atoms with Crippen LogP contribution in [0, 0.1) is 0 Å². The molecule has 1 aliphatic rings. The van der Waals surface area contributed by atoms with Gasteiger partial charge in [0.25, 0.3) is 0 Å². The van der Waals surface area contributed by atoms with Gasteiger partial charge in [-0.25, -0.2) is 0 Å². The normalized spacial score (nSPS) is 16.1. The number of hydrogen-bond acceptors (Lipinski definition) is 2. The van der Waals surface area contributed by atoms with Gasteiger partial charge in [-0.1, -0.05) is 84.9 Å². The molecule has 1 aliphatic heterocycles. The molecule has 7 heteroatoms. The number of alkyl halides is 3. The molecule has 2 amide bonds. The molecular weight excluding hydrogens is 501 g/mol. The zero-order valence-electron chi connectivity index (χ0n) is 21.4. The van der Waals surface area contributed by atoms with Crippen LogP contribution in [0.25, 0.3) is 10.8 Å². The van der Waals surface area contributed by atoms with Gasteiger partial charge in [0.2, 0.25) is 11.8 Å². The van der Waals surface area contributed by atoms with Gasteiger partial charge in [0, 0.05) is 13.1 Å². The van der Waals surface area contributed by atoms with Crippen molar-refractivity contribution in [1.82, 2.24) is 9.80 Å². The van der Waals surface area contributed by atoms with Crippen LogP contribution >= 0.6 is 0 Å². The van der Waals surface area contributed by atoms with Crippen LogP contribution in [-0.2, 0) is 35.2 Å². The number of rotatable bonds is 7. The molecule has 5 rings (SSSR count). The summed E-state index contributed by atoms with van der Waals surface area (Å²) in [4.78, 5) is 30.1. The van der Waals surface area contributed by atoms with E-state index >= 15 is 0 Å². The second-order valence-corrected chi connectivity index (χ2v) is 9.99. The maximum atomic E-state index is 13.4. The number of piperazine rings is 1. The highest BCUT2D eigenvalue weighted by Crippen LogP contribution is 2.30. The Hall–Kier alpha value is -4.13. The zero-order valence-corrected chi connectivity index (χ0v) is 21.4. The molecule has 0 saturated carbocycles. The summed E-state index contributed by atoms with van der Waals surface area (Å²) in [7, 11) is 0. The third kappa shape index (κ3) is 6.30. The third-order valence-electron chi connectivity index (χ3n) is 7.31. The van der Waals surface area contributed by atoms with Crippen LogP contribution in [0.5, 0.6) is 0 Å². The Kier molecular flexibility index (Phi) is 7.68. The maximum Gasteiger partial charge on any atom is 0.416 e. The molecule has 4 aromatic carbocycles. The highest BCUT2D eigenvalue weighted by atomic mass is 19.4. The van der Waals surface area contributed by atoms with Crippen molar-refractivity contribution in [2.45, 2.75) is 38.0 Å². The van der Waals surface area contributed by atoms with E-state index in [2.05, 4.69) is 0 Å². The molecule has 0 bridgehead atoms. The number of fused-ring (bicyclic) bond motifs is 1. The van der Waals surface area contributed by atoms with Crippen LogP contribution < -0.4 is 0 Å². The Morgan fingerprint density at radius 3 is 2.33 bits per heavy atom. The van der Waals surface area contributed by atoms with Gasteiger partial charge in [-0.15, -0.1) is 0 Å². The third-order valence-corrected chi connectivity index (χ3v) is 7.31. The van der Waals surface area contributed by atoms with Crippen LogP contribution in [0.4, 0.5) is 13.2 Å². The lowest BCUT2D eigenvalue weighted by atomic mass is 9.99. The maximum absolute atomic E-state index is 13.4. The van der Waals surface area contributed by atoms with Gasteiger partial charge < -0.3 is 9.80 Å². The SMILES string of the molecule is O=C(Cc1cccc2ccccc12)N1CC(=O)N(Cc2cccc(C(F)(F)F)c2)[C@@H](CCc2ccccc2)C1. The summed E-state index contributed by atoms with van der Waals surface area (Å²) in [6.45, 7) is 0.305. The highest BCUT2D eigenvalue weighted by molar-refractivity contribution is 5.92. The van der Waals surface area contributed by atoms with Crippen molar-refractivity contribution >= 4 is 22.6 Å². The molecule has 4 aromatic rings. The fraction of sp³-hybridized carbons (Fsp3) is 0.250. The number of benzene rings is 4. The van der Waals surface area contributed by atoms with E-state index in [4.69, 9.17) is 0 Å². The molecule has 0 unspecified atom stereocenters. The van der Waals surface area contributed by atoms with E-state index in [0.717, 1.165) is 34.0 Å². The topological polar surface area (TPSA) is 40.6 Å². The number of amides is 2. The largest absolute Gasteiger partial charge is 0.416 e. The lowest BCUT2D eigenvalue weighted by Gasteiger charge is -2.41. The first-order valence-corrected chi connectivity index (χ1v) is 13.0. The molecule has 4 nitrogen and oxygen atoms in total. The van der Waals surface area contributed by atoms with E-state index in [9.17, 15) is 22.8 Å². The Labute approximate surface area is 225 Å². The van der Waals surface area contributed by atoms with Gasteiger partial charge in [-0.2, -0.15) is 13.2 Å². The molecule has 1 heterocycles. The zero-order chi connectivity index (χ0) is 27.4. The molecule has 0 radical (unpaired) electrons.